The van der Waals surface area contributed by atoms with Crippen LogP contribution < -0.4 is 4.74 Å². The highest BCUT2D eigenvalue weighted by molar-refractivity contribution is 5.89. The lowest BCUT2D eigenvalue weighted by atomic mass is 9.97. The number of hydrogen-bond acceptors (Lipinski definition) is 5. The average molecular weight is 588 g/mol. The van der Waals surface area contributed by atoms with Crippen molar-refractivity contribution in [3.05, 3.63) is 76.4 Å². The molecule has 1 amide bonds. The Kier molecular flexibility index (Phi) is 9.98. The van der Waals surface area contributed by atoms with Crippen LogP contribution in [-0.4, -0.2) is 43.8 Å². The minimum Gasteiger partial charge on any atom is -0.496 e. The van der Waals surface area contributed by atoms with Gasteiger partial charge in [0.2, 0.25) is 0 Å². The van der Waals surface area contributed by atoms with Crippen LogP contribution in [0.1, 0.15) is 71.3 Å². The van der Waals surface area contributed by atoms with Crippen LogP contribution in [0.25, 0.3) is 0 Å². The Balaban J connectivity index is 1.58. The van der Waals surface area contributed by atoms with Gasteiger partial charge in [-0.15, -0.1) is 0 Å². The Labute approximate surface area is 233 Å². The van der Waals surface area contributed by atoms with E-state index in [0.717, 1.165) is 24.8 Å². The van der Waals surface area contributed by atoms with Crippen LogP contribution in [0.15, 0.2) is 48.6 Å². The van der Waals surface area contributed by atoms with E-state index in [-0.39, 0.29) is 18.2 Å². The Morgan fingerprint density at radius 1 is 0.976 bits per heavy atom. The second-order valence-electron chi connectivity index (χ2n) is 9.84. The predicted octanol–water partition coefficient (Wildman–Crippen LogP) is 7.76. The molecule has 0 bridgehead atoms. The van der Waals surface area contributed by atoms with Crippen molar-refractivity contribution < 1.29 is 50.1 Å². The van der Waals surface area contributed by atoms with Crippen molar-refractivity contribution >= 4 is 12.1 Å². The van der Waals surface area contributed by atoms with Gasteiger partial charge in [0.15, 0.2) is 0 Å². The van der Waals surface area contributed by atoms with Gasteiger partial charge in [0.1, 0.15) is 11.9 Å². The average Bonchev–Trinajstić information content (AvgIpc) is 3.19. The highest BCUT2D eigenvalue weighted by atomic mass is 19.4. The molecular weight excluding hydrogens is 556 g/mol. The maximum Gasteiger partial charge on any atom is 0.416 e. The summed E-state index contributed by atoms with van der Waals surface area (Å²) >= 11 is 0. The van der Waals surface area contributed by atoms with Gasteiger partial charge in [-0.1, -0.05) is 18.6 Å². The number of cyclic esters (lactones) is 1. The van der Waals surface area contributed by atoms with Gasteiger partial charge in [0, 0.05) is 6.54 Å². The minimum absolute atomic E-state index is 0.0382. The summed E-state index contributed by atoms with van der Waals surface area (Å²) in [5.74, 6) is 0.206. The van der Waals surface area contributed by atoms with Crippen molar-refractivity contribution in [2.75, 3.05) is 20.8 Å². The van der Waals surface area contributed by atoms with Gasteiger partial charge in [0.25, 0.3) is 0 Å². The van der Waals surface area contributed by atoms with Crippen LogP contribution in [0, 0.1) is 0 Å². The number of ether oxygens (including phenoxy) is 3. The smallest absolute Gasteiger partial charge is 0.416 e. The van der Waals surface area contributed by atoms with Gasteiger partial charge >= 0.3 is 24.4 Å². The highest BCUT2D eigenvalue weighted by Crippen LogP contribution is 2.41. The van der Waals surface area contributed by atoms with Crippen molar-refractivity contribution in [1.29, 1.82) is 0 Å². The minimum atomic E-state index is -5.01. The van der Waals surface area contributed by atoms with Crippen molar-refractivity contribution in [2.45, 2.75) is 63.5 Å². The van der Waals surface area contributed by atoms with Gasteiger partial charge in [-0.2, -0.15) is 26.3 Å². The number of esters is 1. The third kappa shape index (κ3) is 7.95. The van der Waals surface area contributed by atoms with Crippen molar-refractivity contribution in [1.82, 2.24) is 4.90 Å². The van der Waals surface area contributed by atoms with E-state index in [0.29, 0.717) is 41.9 Å². The molecular formula is C29H31F6NO5. The molecule has 0 unspecified atom stereocenters. The number of benzene rings is 2. The molecule has 3 rings (SSSR count). The van der Waals surface area contributed by atoms with Gasteiger partial charge in [0.05, 0.1) is 37.0 Å². The summed E-state index contributed by atoms with van der Waals surface area (Å²) in [6.07, 6.45) is -8.69. The normalized spacial score (nSPS) is 17.4. The number of rotatable bonds is 11. The molecule has 2 atom stereocenters. The Morgan fingerprint density at radius 3 is 2.17 bits per heavy atom. The van der Waals surface area contributed by atoms with Gasteiger partial charge < -0.3 is 14.2 Å². The summed E-state index contributed by atoms with van der Waals surface area (Å²) in [6.45, 7) is 5.54. The number of amides is 1. The van der Waals surface area contributed by atoms with Crippen molar-refractivity contribution in [3.8, 4) is 5.75 Å². The van der Waals surface area contributed by atoms with E-state index in [1.54, 1.807) is 18.2 Å². The molecule has 1 aliphatic heterocycles. The largest absolute Gasteiger partial charge is 0.496 e. The zero-order valence-electron chi connectivity index (χ0n) is 22.8. The molecule has 1 saturated heterocycles. The number of alkyl halides is 6. The summed E-state index contributed by atoms with van der Waals surface area (Å²) in [4.78, 5) is 25.6. The maximum atomic E-state index is 13.3. The lowest BCUT2D eigenvalue weighted by Crippen LogP contribution is -2.33. The lowest BCUT2D eigenvalue weighted by Gasteiger charge is -2.23. The van der Waals surface area contributed by atoms with Crippen LogP contribution >= 0.6 is 0 Å². The van der Waals surface area contributed by atoms with Crippen LogP contribution in [-0.2, 0) is 28.2 Å². The van der Waals surface area contributed by atoms with Crippen LogP contribution in [0.5, 0.6) is 5.75 Å². The number of unbranched alkanes of at least 4 members (excludes halogenated alkanes) is 2. The fraction of sp³-hybridized carbons (Fsp3) is 0.448. The van der Waals surface area contributed by atoms with Gasteiger partial charge in [-0.05, 0) is 80.1 Å². The summed E-state index contributed by atoms with van der Waals surface area (Å²) in [5.41, 5.74) is -1.38. The standard InChI is InChI=1S/C29H31F6NO5/c1-17(8-6-5-7-9-19-12-20(26(37)40-4)10-11-24(19)39-3)16-36-18(2)25(41-27(36)38)21-13-22(28(30,31)32)15-23(14-21)29(33,34)35/h10-15,18,25H,1,5-9,16H2,2-4H3/t18-,25-/m0/s1. The van der Waals surface area contributed by atoms with E-state index in [1.165, 1.54) is 26.0 Å². The number of aryl methyl sites for hydroxylation is 1. The third-order valence-corrected chi connectivity index (χ3v) is 6.90. The fourth-order valence-electron chi connectivity index (χ4n) is 4.71. The van der Waals surface area contributed by atoms with Crippen LogP contribution in [0.3, 0.4) is 0 Å². The molecule has 0 N–H and O–H groups in total. The zero-order valence-corrected chi connectivity index (χ0v) is 22.8. The first-order chi connectivity index (χ1) is 19.1. The number of methoxy groups -OCH3 is 2. The van der Waals surface area contributed by atoms with Crippen molar-refractivity contribution in [2.24, 2.45) is 0 Å². The Morgan fingerprint density at radius 2 is 1.61 bits per heavy atom. The second-order valence-corrected chi connectivity index (χ2v) is 9.84. The van der Waals surface area contributed by atoms with Crippen LogP contribution in [0.4, 0.5) is 31.1 Å². The molecule has 0 spiro atoms. The number of halogens is 6. The van der Waals surface area contributed by atoms with E-state index >= 15 is 0 Å². The van der Waals surface area contributed by atoms with E-state index < -0.39 is 47.7 Å². The van der Waals surface area contributed by atoms with E-state index in [1.807, 2.05) is 0 Å². The molecule has 2 aromatic carbocycles. The quantitative estimate of drug-likeness (QED) is 0.116. The summed E-state index contributed by atoms with van der Waals surface area (Å²) in [7, 11) is 2.84. The monoisotopic (exact) mass is 587 g/mol. The summed E-state index contributed by atoms with van der Waals surface area (Å²) in [6, 6.07) is 5.43. The van der Waals surface area contributed by atoms with Gasteiger partial charge in [-0.25, -0.2) is 9.59 Å². The highest BCUT2D eigenvalue weighted by Gasteiger charge is 2.43. The number of hydrogen-bond donors (Lipinski definition) is 0. The first-order valence-corrected chi connectivity index (χ1v) is 12.8. The molecule has 1 fully saturated rings. The number of carbonyl (C=O) groups is 2. The third-order valence-electron chi connectivity index (χ3n) is 6.90. The molecule has 0 saturated carbocycles. The van der Waals surface area contributed by atoms with Crippen LogP contribution in [0.2, 0.25) is 0 Å². The fourth-order valence-corrected chi connectivity index (χ4v) is 4.71. The number of nitrogens with zero attached hydrogens (tertiary/aromatic N) is 1. The first kappa shape index (κ1) is 31.8. The summed E-state index contributed by atoms with van der Waals surface area (Å²) < 4.78 is 95.1. The maximum absolute atomic E-state index is 13.3. The molecule has 0 radical (unpaired) electrons. The van der Waals surface area contributed by atoms with Gasteiger partial charge in [-0.3, -0.25) is 4.90 Å². The Hall–Kier alpha value is -3.70. The number of carbonyl (C=O) groups excluding carboxylic acids is 2. The van der Waals surface area contributed by atoms with E-state index in [2.05, 4.69) is 6.58 Å². The topological polar surface area (TPSA) is 65.1 Å². The first-order valence-electron chi connectivity index (χ1n) is 12.8. The second kappa shape index (κ2) is 12.9. The molecule has 41 heavy (non-hydrogen) atoms. The molecule has 6 nitrogen and oxygen atoms in total. The van der Waals surface area contributed by atoms with E-state index in [9.17, 15) is 35.9 Å². The lowest BCUT2D eigenvalue weighted by molar-refractivity contribution is -0.143. The molecule has 12 heteroatoms. The summed E-state index contributed by atoms with van der Waals surface area (Å²) in [5, 5.41) is 0. The molecule has 0 aromatic heterocycles. The molecule has 2 aromatic rings. The Bertz CT molecular complexity index is 1240. The molecule has 0 aliphatic carbocycles. The molecule has 1 aliphatic rings. The molecule has 224 valence electrons. The van der Waals surface area contributed by atoms with E-state index in [4.69, 9.17) is 14.2 Å². The molecule has 1 heterocycles. The zero-order chi connectivity index (χ0) is 30.5. The van der Waals surface area contributed by atoms with Crippen molar-refractivity contribution in [3.63, 3.8) is 0 Å². The predicted molar refractivity (Wildman–Crippen MR) is 137 cm³/mol. The SMILES string of the molecule is C=C(CCCCCc1cc(C(=O)OC)ccc1OC)CN1C(=O)O[C@H](c2cc(C(F)(F)F)cc(C(F)(F)F)c2)[C@@H]1C.